The lowest BCUT2D eigenvalue weighted by Crippen LogP contribution is -2.13. The summed E-state index contributed by atoms with van der Waals surface area (Å²) in [6.45, 7) is 1.94. The Morgan fingerprint density at radius 2 is 1.76 bits per heavy atom. The molecule has 0 aliphatic carbocycles. The summed E-state index contributed by atoms with van der Waals surface area (Å²) >= 11 is 12.3. The SMILES string of the molecule is COc1ccc(C(N)c2ccc(Cl)c(C)c2)c(OC)c1Cl. The summed E-state index contributed by atoms with van der Waals surface area (Å²) in [5.74, 6) is 1.08. The Hall–Kier alpha value is -1.42. The van der Waals surface area contributed by atoms with Crippen molar-refractivity contribution >= 4 is 23.2 Å². The molecule has 0 amide bonds. The second-order valence-corrected chi connectivity index (χ2v) is 5.48. The Balaban J connectivity index is 2.50. The van der Waals surface area contributed by atoms with Gasteiger partial charge in [-0.25, -0.2) is 0 Å². The van der Waals surface area contributed by atoms with Crippen LogP contribution >= 0.6 is 23.2 Å². The van der Waals surface area contributed by atoms with Crippen LogP contribution in [0.1, 0.15) is 22.7 Å². The van der Waals surface area contributed by atoms with E-state index in [0.717, 1.165) is 16.7 Å². The number of nitrogens with two attached hydrogens (primary N) is 1. The van der Waals surface area contributed by atoms with Crippen molar-refractivity contribution in [2.75, 3.05) is 14.2 Å². The number of methoxy groups -OCH3 is 2. The molecular formula is C16H17Cl2NO2. The van der Waals surface area contributed by atoms with E-state index in [1.807, 2.05) is 31.2 Å². The number of benzene rings is 2. The molecule has 0 heterocycles. The maximum absolute atomic E-state index is 6.35. The number of ether oxygens (including phenoxy) is 2. The Morgan fingerprint density at radius 3 is 2.33 bits per heavy atom. The molecule has 2 N–H and O–H groups in total. The van der Waals surface area contributed by atoms with Crippen molar-refractivity contribution < 1.29 is 9.47 Å². The van der Waals surface area contributed by atoms with E-state index in [2.05, 4.69) is 0 Å². The quantitative estimate of drug-likeness (QED) is 0.907. The van der Waals surface area contributed by atoms with E-state index in [1.54, 1.807) is 20.3 Å². The van der Waals surface area contributed by atoms with Crippen LogP contribution in [0.25, 0.3) is 0 Å². The fraction of sp³-hybridized carbons (Fsp3) is 0.250. The van der Waals surface area contributed by atoms with Crippen LogP contribution in [0.3, 0.4) is 0 Å². The largest absolute Gasteiger partial charge is 0.495 e. The minimum absolute atomic E-state index is 0.362. The summed E-state index contributed by atoms with van der Waals surface area (Å²) in [7, 11) is 3.12. The van der Waals surface area contributed by atoms with Gasteiger partial charge in [-0.15, -0.1) is 0 Å². The first-order chi connectivity index (χ1) is 9.99. The molecule has 112 valence electrons. The molecule has 0 aliphatic heterocycles. The lowest BCUT2D eigenvalue weighted by atomic mass is 9.97. The second kappa shape index (κ2) is 6.56. The first kappa shape index (κ1) is 16.0. The van der Waals surface area contributed by atoms with Crippen LogP contribution in [0, 0.1) is 6.92 Å². The van der Waals surface area contributed by atoms with Crippen LogP contribution in [0.4, 0.5) is 0 Å². The molecule has 0 saturated heterocycles. The molecule has 0 aromatic heterocycles. The highest BCUT2D eigenvalue weighted by Gasteiger charge is 2.19. The van der Waals surface area contributed by atoms with Gasteiger partial charge in [-0.1, -0.05) is 35.3 Å². The normalized spacial score (nSPS) is 12.1. The average Bonchev–Trinajstić information content (AvgIpc) is 2.49. The van der Waals surface area contributed by atoms with Crippen molar-refractivity contribution in [3.05, 3.63) is 57.1 Å². The Bertz CT molecular complexity index is 659. The van der Waals surface area contributed by atoms with Crippen LogP contribution < -0.4 is 15.2 Å². The summed E-state index contributed by atoms with van der Waals surface area (Å²) in [6.07, 6.45) is 0. The van der Waals surface area contributed by atoms with Gasteiger partial charge in [-0.3, -0.25) is 0 Å². The predicted molar refractivity (Wildman–Crippen MR) is 86.8 cm³/mol. The van der Waals surface area contributed by atoms with Gasteiger partial charge in [0.05, 0.1) is 20.3 Å². The van der Waals surface area contributed by atoms with Gasteiger partial charge in [-0.2, -0.15) is 0 Å². The van der Waals surface area contributed by atoms with Gasteiger partial charge >= 0.3 is 0 Å². The van der Waals surface area contributed by atoms with Crippen molar-refractivity contribution in [2.45, 2.75) is 13.0 Å². The molecule has 0 aliphatic rings. The number of rotatable bonds is 4. The van der Waals surface area contributed by atoms with Crippen molar-refractivity contribution in [3.63, 3.8) is 0 Å². The average molecular weight is 326 g/mol. The van der Waals surface area contributed by atoms with E-state index in [-0.39, 0.29) is 6.04 Å². The molecule has 0 fully saturated rings. The summed E-state index contributed by atoms with van der Waals surface area (Å²) in [5.41, 5.74) is 9.06. The summed E-state index contributed by atoms with van der Waals surface area (Å²) in [4.78, 5) is 0. The molecule has 21 heavy (non-hydrogen) atoms. The molecule has 0 spiro atoms. The van der Waals surface area contributed by atoms with E-state index < -0.39 is 0 Å². The van der Waals surface area contributed by atoms with Crippen LogP contribution in [-0.4, -0.2) is 14.2 Å². The smallest absolute Gasteiger partial charge is 0.146 e. The van der Waals surface area contributed by atoms with E-state index in [9.17, 15) is 0 Å². The van der Waals surface area contributed by atoms with E-state index in [4.69, 9.17) is 38.4 Å². The van der Waals surface area contributed by atoms with Gasteiger partial charge in [0.2, 0.25) is 0 Å². The maximum Gasteiger partial charge on any atom is 0.146 e. The van der Waals surface area contributed by atoms with Crippen LogP contribution in [0.15, 0.2) is 30.3 Å². The zero-order valence-electron chi connectivity index (χ0n) is 12.1. The van der Waals surface area contributed by atoms with Gasteiger partial charge in [0.15, 0.2) is 0 Å². The fourth-order valence-corrected chi connectivity index (χ4v) is 2.65. The lowest BCUT2D eigenvalue weighted by molar-refractivity contribution is 0.390. The van der Waals surface area contributed by atoms with Crippen LogP contribution in [0.2, 0.25) is 10.0 Å². The minimum Gasteiger partial charge on any atom is -0.495 e. The van der Waals surface area contributed by atoms with Gasteiger partial charge in [-0.05, 0) is 36.2 Å². The van der Waals surface area contributed by atoms with E-state index in [0.29, 0.717) is 21.5 Å². The lowest BCUT2D eigenvalue weighted by Gasteiger charge is -2.19. The molecule has 2 aromatic rings. The second-order valence-electron chi connectivity index (χ2n) is 4.69. The summed E-state index contributed by atoms with van der Waals surface area (Å²) < 4.78 is 10.6. The zero-order chi connectivity index (χ0) is 15.6. The van der Waals surface area contributed by atoms with Gasteiger partial charge < -0.3 is 15.2 Å². The highest BCUT2D eigenvalue weighted by molar-refractivity contribution is 6.33. The Labute approximate surface area is 134 Å². The highest BCUT2D eigenvalue weighted by Crippen LogP contribution is 2.40. The third kappa shape index (κ3) is 3.10. The maximum atomic E-state index is 6.35. The number of hydrogen-bond acceptors (Lipinski definition) is 3. The van der Waals surface area contributed by atoms with Crippen molar-refractivity contribution in [2.24, 2.45) is 5.73 Å². The molecule has 0 bridgehead atoms. The van der Waals surface area contributed by atoms with Gasteiger partial charge in [0.25, 0.3) is 0 Å². The Kier molecular flexibility index (Phi) is 4.99. The zero-order valence-corrected chi connectivity index (χ0v) is 13.6. The summed E-state index contributed by atoms with van der Waals surface area (Å²) in [6, 6.07) is 8.98. The topological polar surface area (TPSA) is 44.5 Å². The van der Waals surface area contributed by atoms with Crippen LogP contribution in [-0.2, 0) is 0 Å². The van der Waals surface area contributed by atoms with E-state index in [1.165, 1.54) is 0 Å². The molecule has 2 rings (SSSR count). The van der Waals surface area contributed by atoms with Crippen molar-refractivity contribution in [1.82, 2.24) is 0 Å². The van der Waals surface area contributed by atoms with Gasteiger partial charge in [0, 0.05) is 10.6 Å². The number of aryl methyl sites for hydroxylation is 1. The van der Waals surface area contributed by atoms with Crippen LogP contribution in [0.5, 0.6) is 11.5 Å². The summed E-state index contributed by atoms with van der Waals surface area (Å²) in [5, 5.41) is 1.13. The molecule has 5 heteroatoms. The Morgan fingerprint density at radius 1 is 1.05 bits per heavy atom. The molecule has 2 aromatic carbocycles. The predicted octanol–water partition coefficient (Wildman–Crippen LogP) is 4.37. The third-order valence-corrected chi connectivity index (χ3v) is 4.17. The fourth-order valence-electron chi connectivity index (χ4n) is 2.20. The van der Waals surface area contributed by atoms with Gasteiger partial charge in [0.1, 0.15) is 16.5 Å². The molecular weight excluding hydrogens is 309 g/mol. The molecule has 0 radical (unpaired) electrons. The molecule has 0 saturated carbocycles. The van der Waals surface area contributed by atoms with E-state index >= 15 is 0 Å². The number of hydrogen-bond donors (Lipinski definition) is 1. The molecule has 3 nitrogen and oxygen atoms in total. The monoisotopic (exact) mass is 325 g/mol. The standard InChI is InChI=1S/C16H17Cl2NO2/c1-9-8-10(4-6-12(9)17)15(19)11-5-7-13(20-2)14(18)16(11)21-3/h4-8,15H,19H2,1-3H3. The third-order valence-electron chi connectivity index (χ3n) is 3.39. The van der Waals surface area contributed by atoms with Crippen molar-refractivity contribution in [3.8, 4) is 11.5 Å². The molecule has 1 unspecified atom stereocenters. The first-order valence-corrected chi connectivity index (χ1v) is 7.17. The highest BCUT2D eigenvalue weighted by atomic mass is 35.5. The van der Waals surface area contributed by atoms with Crippen molar-refractivity contribution in [1.29, 1.82) is 0 Å². The molecule has 1 atom stereocenters. The number of halogens is 2. The first-order valence-electron chi connectivity index (χ1n) is 6.41. The minimum atomic E-state index is -0.362.